The molecule has 3 rings (SSSR count). The zero-order valence-electron chi connectivity index (χ0n) is 15.7. The number of nitrogens with two attached hydrogens (primary N) is 1. The molecule has 2 aliphatic rings. The Balaban J connectivity index is 1.47. The average Bonchev–Trinajstić information content (AvgIpc) is 3.14. The molecule has 5 N–H and O–H groups in total. The van der Waals surface area contributed by atoms with Gasteiger partial charge in [0.25, 0.3) is 5.91 Å². The molecule has 1 amide bonds. The van der Waals surface area contributed by atoms with Crippen molar-refractivity contribution in [3.05, 3.63) is 24.3 Å². The second-order valence-corrected chi connectivity index (χ2v) is 9.09. The molecule has 1 aromatic carbocycles. The second-order valence-electron chi connectivity index (χ2n) is 7.53. The fraction of sp³-hybridized carbons (Fsp3) is 0.611. The van der Waals surface area contributed by atoms with Crippen LogP contribution >= 0.6 is 0 Å². The quantitative estimate of drug-likeness (QED) is 0.429. The fourth-order valence-electron chi connectivity index (χ4n) is 3.85. The number of sulfonamides is 1. The van der Waals surface area contributed by atoms with Crippen LogP contribution in [-0.2, 0) is 19.6 Å². The average molecular weight is 399 g/mol. The first-order valence-electron chi connectivity index (χ1n) is 9.56. The van der Waals surface area contributed by atoms with Crippen LogP contribution in [0.25, 0.3) is 0 Å². The zero-order chi connectivity index (χ0) is 19.4. The molecule has 0 unspecified atom stereocenters. The summed E-state index contributed by atoms with van der Waals surface area (Å²) in [6.07, 6.45) is 2.75. The lowest BCUT2D eigenvalue weighted by Crippen LogP contribution is -3.30. The highest BCUT2D eigenvalue weighted by molar-refractivity contribution is 7.89. The molecule has 8 nitrogen and oxygen atoms in total. The zero-order valence-corrected chi connectivity index (χ0v) is 16.6. The number of piperazine rings is 1. The van der Waals surface area contributed by atoms with E-state index in [1.54, 1.807) is 17.0 Å². The lowest BCUT2D eigenvalue weighted by atomic mass is 10.2. The number of amides is 1. The van der Waals surface area contributed by atoms with Crippen LogP contribution in [0.4, 0.5) is 5.69 Å². The van der Waals surface area contributed by atoms with Gasteiger partial charge in [0.05, 0.1) is 4.90 Å². The second kappa shape index (κ2) is 8.66. The van der Waals surface area contributed by atoms with Crippen molar-refractivity contribution in [3.63, 3.8) is 0 Å². The number of benzene rings is 1. The van der Waals surface area contributed by atoms with E-state index in [4.69, 9.17) is 9.88 Å². The maximum atomic E-state index is 12.6. The Morgan fingerprint density at radius 2 is 1.93 bits per heavy atom. The van der Waals surface area contributed by atoms with Gasteiger partial charge in [-0.25, -0.2) is 13.6 Å². The smallest absolute Gasteiger partial charge is 0.282 e. The van der Waals surface area contributed by atoms with Gasteiger partial charge in [-0.1, -0.05) is 0 Å². The Hall–Kier alpha value is -1.52. The predicted molar refractivity (Wildman–Crippen MR) is 101 cm³/mol. The third-order valence-electron chi connectivity index (χ3n) is 5.60. The summed E-state index contributed by atoms with van der Waals surface area (Å²) in [7, 11) is -3.72. The van der Waals surface area contributed by atoms with E-state index < -0.39 is 10.0 Å². The van der Waals surface area contributed by atoms with E-state index in [1.807, 2.05) is 6.92 Å². The van der Waals surface area contributed by atoms with Crippen molar-refractivity contribution in [2.45, 2.75) is 36.8 Å². The van der Waals surface area contributed by atoms with Crippen molar-refractivity contribution < 1.29 is 27.7 Å². The van der Waals surface area contributed by atoms with E-state index in [0.717, 1.165) is 39.3 Å². The monoisotopic (exact) mass is 398 g/mol. The van der Waals surface area contributed by atoms with Gasteiger partial charge in [-0.3, -0.25) is 4.79 Å². The van der Waals surface area contributed by atoms with E-state index in [2.05, 4.69) is 5.32 Å². The highest BCUT2D eigenvalue weighted by Crippen LogP contribution is 2.12. The maximum absolute atomic E-state index is 12.6. The Kier molecular flexibility index (Phi) is 6.48. The molecule has 0 bridgehead atoms. The van der Waals surface area contributed by atoms with Crippen LogP contribution in [-0.4, -0.2) is 65.8 Å². The van der Waals surface area contributed by atoms with Gasteiger partial charge in [0.2, 0.25) is 10.0 Å². The number of hydrogen-bond acceptors (Lipinski definition) is 4. The van der Waals surface area contributed by atoms with Crippen molar-refractivity contribution in [3.8, 4) is 0 Å². The van der Waals surface area contributed by atoms with Crippen LogP contribution in [0.2, 0.25) is 0 Å². The molecule has 9 heteroatoms. The van der Waals surface area contributed by atoms with Crippen LogP contribution in [0.5, 0.6) is 0 Å². The normalized spacial score (nSPS) is 27.3. The molecule has 0 saturated carbocycles. The van der Waals surface area contributed by atoms with Gasteiger partial charge in [-0.05, 0) is 44.0 Å². The first-order chi connectivity index (χ1) is 12.8. The largest absolute Gasteiger partial charge is 0.372 e. The Labute approximate surface area is 160 Å². The Morgan fingerprint density at radius 1 is 1.26 bits per heavy atom. The number of nitrogens with one attached hydrogen (secondary N) is 3. The van der Waals surface area contributed by atoms with Crippen molar-refractivity contribution in [1.29, 1.82) is 0 Å². The van der Waals surface area contributed by atoms with Crippen LogP contribution in [0, 0.1) is 0 Å². The number of hydrogen-bond donors (Lipinski definition) is 4. The molecule has 1 aromatic rings. The number of rotatable bonds is 6. The number of carbonyl (C=O) groups is 1. The minimum atomic E-state index is -3.72. The molecule has 0 aromatic heterocycles. The molecular formula is C18H30N4O4S+2. The summed E-state index contributed by atoms with van der Waals surface area (Å²) in [5.41, 5.74) is 0.571. The van der Waals surface area contributed by atoms with Crippen molar-refractivity contribution in [1.82, 2.24) is 0 Å². The summed E-state index contributed by atoms with van der Waals surface area (Å²) < 4.78 is 28.3. The highest BCUT2D eigenvalue weighted by Gasteiger charge is 2.32. The molecule has 2 fully saturated rings. The molecular weight excluding hydrogens is 368 g/mol. The van der Waals surface area contributed by atoms with Crippen LogP contribution in [0.15, 0.2) is 29.2 Å². The van der Waals surface area contributed by atoms with Crippen LogP contribution in [0.1, 0.15) is 19.8 Å². The third-order valence-corrected chi connectivity index (χ3v) is 6.52. The minimum Gasteiger partial charge on any atom is -0.372 e. The SMILES string of the molecule is C[C@@H](C(=O)Nc1ccc(S(N)(=O)=O)cc1)[NH+]1CC[NH+](C[C@@H]2CCCO2)CC1. The molecule has 2 saturated heterocycles. The number of ether oxygens (including phenoxy) is 1. The third kappa shape index (κ3) is 5.49. The van der Waals surface area contributed by atoms with Crippen molar-refractivity contribution in [2.75, 3.05) is 44.6 Å². The number of primary sulfonamides is 1. The molecule has 150 valence electrons. The number of anilines is 1. The summed E-state index contributed by atoms with van der Waals surface area (Å²) in [4.78, 5) is 15.4. The Morgan fingerprint density at radius 3 is 2.48 bits per heavy atom. The van der Waals surface area contributed by atoms with Gasteiger partial charge < -0.3 is 19.9 Å². The molecule has 27 heavy (non-hydrogen) atoms. The van der Waals surface area contributed by atoms with E-state index in [1.165, 1.54) is 29.9 Å². The van der Waals surface area contributed by atoms with Gasteiger partial charge in [0.15, 0.2) is 6.04 Å². The Bertz CT molecular complexity index is 739. The summed E-state index contributed by atoms with van der Waals surface area (Å²) in [5.74, 6) is -0.0593. The first kappa shape index (κ1) is 20.2. The van der Waals surface area contributed by atoms with Crippen molar-refractivity contribution >= 4 is 21.6 Å². The predicted octanol–water partition coefficient (Wildman–Crippen LogP) is -2.38. The summed E-state index contributed by atoms with van der Waals surface area (Å²) in [5, 5.41) is 7.95. The van der Waals surface area contributed by atoms with E-state index in [9.17, 15) is 13.2 Å². The summed E-state index contributed by atoms with van der Waals surface area (Å²) in [6.45, 7) is 7.93. The maximum Gasteiger partial charge on any atom is 0.282 e. The molecule has 2 heterocycles. The van der Waals surface area contributed by atoms with Gasteiger partial charge in [0.1, 0.15) is 38.8 Å². The van der Waals surface area contributed by atoms with Gasteiger partial charge in [-0.2, -0.15) is 0 Å². The molecule has 0 radical (unpaired) electrons. The van der Waals surface area contributed by atoms with Gasteiger partial charge in [0, 0.05) is 12.3 Å². The molecule has 0 spiro atoms. The lowest BCUT2D eigenvalue weighted by Gasteiger charge is -2.33. The van der Waals surface area contributed by atoms with Crippen LogP contribution in [0.3, 0.4) is 0 Å². The molecule has 0 aliphatic carbocycles. The molecule has 2 atom stereocenters. The van der Waals surface area contributed by atoms with Gasteiger partial charge >= 0.3 is 0 Å². The molecule has 2 aliphatic heterocycles. The minimum absolute atomic E-state index is 0.0320. The van der Waals surface area contributed by atoms with Gasteiger partial charge in [-0.15, -0.1) is 0 Å². The number of carbonyl (C=O) groups excluding carboxylic acids is 1. The highest BCUT2D eigenvalue weighted by atomic mass is 32.2. The van der Waals surface area contributed by atoms with E-state index in [-0.39, 0.29) is 16.8 Å². The lowest BCUT2D eigenvalue weighted by molar-refractivity contribution is -1.02. The first-order valence-corrected chi connectivity index (χ1v) is 11.1. The summed E-state index contributed by atoms with van der Waals surface area (Å²) in [6, 6.07) is 5.75. The standard InChI is InChI=1S/C18H28N4O4S/c1-14(18(23)20-15-4-6-17(7-5-15)27(19,24)25)22-10-8-21(9-11-22)13-16-3-2-12-26-16/h4-7,14,16H,2-3,8-13H2,1H3,(H,20,23)(H2,19,24,25)/p+2/t14-,16-/m0/s1. The fourth-order valence-corrected chi connectivity index (χ4v) is 4.37. The number of quaternary nitrogens is 2. The topological polar surface area (TPSA) is 107 Å². The van der Waals surface area contributed by atoms with E-state index >= 15 is 0 Å². The van der Waals surface area contributed by atoms with Crippen LogP contribution < -0.4 is 20.3 Å². The van der Waals surface area contributed by atoms with E-state index in [0.29, 0.717) is 11.8 Å². The summed E-state index contributed by atoms with van der Waals surface area (Å²) >= 11 is 0. The van der Waals surface area contributed by atoms with Crippen molar-refractivity contribution in [2.24, 2.45) is 5.14 Å².